The smallest absolute Gasteiger partial charge is 0.124 e. The Morgan fingerprint density at radius 2 is 1.16 bits per heavy atom. The summed E-state index contributed by atoms with van der Waals surface area (Å²) in [6.07, 6.45) is 13.3. The van der Waals surface area contributed by atoms with Crippen LogP contribution in [0.25, 0.3) is 0 Å². The number of benzene rings is 2. The highest BCUT2D eigenvalue weighted by Crippen LogP contribution is 2.38. The van der Waals surface area contributed by atoms with E-state index in [1.165, 1.54) is 68.1 Å². The third-order valence-electron chi connectivity index (χ3n) is 8.26. The number of nitrogens with one attached hydrogen (secondary N) is 1. The van der Waals surface area contributed by atoms with Gasteiger partial charge in [0, 0.05) is 5.16 Å². The van der Waals surface area contributed by atoms with Crippen molar-refractivity contribution >= 4 is 19.2 Å². The van der Waals surface area contributed by atoms with Crippen LogP contribution in [0, 0.1) is 0 Å². The molecule has 2 aromatic rings. The van der Waals surface area contributed by atoms with Gasteiger partial charge in [0.1, 0.15) is 8.80 Å². The molecule has 32 heavy (non-hydrogen) atoms. The van der Waals surface area contributed by atoms with Gasteiger partial charge in [-0.2, -0.15) is 0 Å². The molecule has 0 spiro atoms. The summed E-state index contributed by atoms with van der Waals surface area (Å²) >= 11 is 0. The van der Waals surface area contributed by atoms with Crippen molar-refractivity contribution in [1.29, 1.82) is 0 Å². The number of hydrogen-bond acceptors (Lipinski definition) is 1. The van der Waals surface area contributed by atoms with Crippen molar-refractivity contribution in [2.75, 3.05) is 0 Å². The van der Waals surface area contributed by atoms with E-state index in [4.69, 9.17) is 0 Å². The minimum Gasteiger partial charge on any atom is -0.301 e. The van der Waals surface area contributed by atoms with Crippen molar-refractivity contribution in [1.82, 2.24) is 5.32 Å². The molecule has 0 bridgehead atoms. The lowest BCUT2D eigenvalue weighted by molar-refractivity contribution is 0.316. The topological polar surface area (TPSA) is 12.0 Å². The first-order valence-electron chi connectivity index (χ1n) is 12.7. The van der Waals surface area contributed by atoms with Gasteiger partial charge in [0.25, 0.3) is 0 Å². The lowest BCUT2D eigenvalue weighted by atomic mass is 9.91. The van der Waals surface area contributed by atoms with Crippen molar-refractivity contribution in [2.45, 2.75) is 89.8 Å². The predicted octanol–water partition coefficient (Wildman–Crippen LogP) is 6.08. The van der Waals surface area contributed by atoms with Crippen LogP contribution in [0.15, 0.2) is 83.5 Å². The highest BCUT2D eigenvalue weighted by atomic mass is 28.3. The van der Waals surface area contributed by atoms with Crippen LogP contribution >= 0.6 is 0 Å². The maximum atomic E-state index is 4.44. The van der Waals surface area contributed by atoms with Crippen molar-refractivity contribution in [3.05, 3.63) is 83.5 Å². The molecule has 0 amide bonds. The first kappa shape index (κ1) is 23.3. The molecule has 1 N–H and O–H groups in total. The first-order valence-corrected chi connectivity index (χ1v) is 14.5. The lowest BCUT2D eigenvalue weighted by Gasteiger charge is -2.47. The molecule has 4 rings (SSSR count). The molecule has 0 aromatic heterocycles. The van der Waals surface area contributed by atoms with E-state index in [1.54, 1.807) is 10.4 Å². The van der Waals surface area contributed by atoms with Crippen molar-refractivity contribution in [2.24, 2.45) is 0 Å². The fraction of sp³-hybridized carbons (Fsp3) is 0.467. The molecule has 0 saturated heterocycles. The molecule has 1 nitrogen and oxygen atoms in total. The van der Waals surface area contributed by atoms with E-state index in [9.17, 15) is 0 Å². The highest BCUT2D eigenvalue weighted by Gasteiger charge is 2.46. The second-order valence-corrected chi connectivity index (χ2v) is 13.7. The molecule has 0 aliphatic heterocycles. The Morgan fingerprint density at radius 1 is 0.688 bits per heavy atom. The largest absolute Gasteiger partial charge is 0.301 e. The summed E-state index contributed by atoms with van der Waals surface area (Å²) < 4.78 is 0. The fourth-order valence-electron chi connectivity index (χ4n) is 6.30. The normalized spacial score (nSPS) is 24.1. The Labute approximate surface area is 197 Å². The van der Waals surface area contributed by atoms with Gasteiger partial charge in [-0.3, -0.25) is 0 Å². The molecule has 2 aliphatic carbocycles. The molecule has 2 heteroatoms. The van der Waals surface area contributed by atoms with E-state index >= 15 is 0 Å². The first-order chi connectivity index (χ1) is 15.5. The van der Waals surface area contributed by atoms with Gasteiger partial charge in [0.05, 0.1) is 5.54 Å². The molecule has 2 aromatic carbocycles. The third-order valence-corrected chi connectivity index (χ3v) is 12.2. The van der Waals surface area contributed by atoms with Crippen LogP contribution in [-0.2, 0) is 0 Å². The molecule has 2 aliphatic rings. The van der Waals surface area contributed by atoms with Gasteiger partial charge in [-0.15, -0.1) is 0 Å². The van der Waals surface area contributed by atoms with Gasteiger partial charge in [0.15, 0.2) is 0 Å². The molecule has 1 unspecified atom stereocenters. The minimum absolute atomic E-state index is 0.0585. The van der Waals surface area contributed by atoms with E-state index < -0.39 is 8.80 Å². The average molecular weight is 444 g/mol. The van der Waals surface area contributed by atoms with Crippen molar-refractivity contribution in [3.8, 4) is 0 Å². The van der Waals surface area contributed by atoms with Crippen molar-refractivity contribution in [3.63, 3.8) is 0 Å². The summed E-state index contributed by atoms with van der Waals surface area (Å²) in [6, 6.07) is 23.0. The van der Waals surface area contributed by atoms with E-state index in [2.05, 4.69) is 99.8 Å². The van der Waals surface area contributed by atoms with Gasteiger partial charge < -0.3 is 5.32 Å². The summed E-state index contributed by atoms with van der Waals surface area (Å²) in [5.41, 5.74) is 4.35. The summed E-state index contributed by atoms with van der Waals surface area (Å²) in [4.78, 5) is 0. The second-order valence-electron chi connectivity index (χ2n) is 10.4. The monoisotopic (exact) mass is 443 g/mol. The number of rotatable bonds is 5. The molecule has 170 valence electrons. The maximum Gasteiger partial charge on any atom is 0.124 e. The lowest BCUT2D eigenvalue weighted by Crippen LogP contribution is -2.71. The van der Waals surface area contributed by atoms with Crippen LogP contribution in [0.5, 0.6) is 0 Å². The van der Waals surface area contributed by atoms with Crippen LogP contribution in [0.1, 0.15) is 79.1 Å². The summed E-state index contributed by atoms with van der Waals surface area (Å²) in [7, 11) is -1.57. The Hall–Kier alpha value is -1.90. The van der Waals surface area contributed by atoms with Gasteiger partial charge >= 0.3 is 0 Å². The van der Waals surface area contributed by atoms with Crippen LogP contribution in [-0.4, -0.2) is 19.5 Å². The van der Waals surface area contributed by atoms with Crippen LogP contribution in [0.3, 0.4) is 0 Å². The van der Waals surface area contributed by atoms with Crippen LogP contribution < -0.4 is 15.7 Å². The summed E-state index contributed by atoms with van der Waals surface area (Å²) in [5.74, 6) is 0. The standard InChI is InChI=1S/C30H41NSi/c1-24-23-29(4,26(3)25(24)2)31-30(21-15-7-5-6-8-16-22-30)32(27-17-11-9-12-18-27)28-19-13-10-14-20-28/h9-14,17-20,23,31-32H,5-8,15-16,21-22H2,1-4H3. The zero-order valence-electron chi connectivity index (χ0n) is 20.6. The molecular weight excluding hydrogens is 402 g/mol. The number of hydrogen-bond donors (Lipinski definition) is 1. The molecule has 0 heterocycles. The Morgan fingerprint density at radius 3 is 1.59 bits per heavy atom. The third kappa shape index (κ3) is 4.72. The quantitative estimate of drug-likeness (QED) is 0.552. The van der Waals surface area contributed by atoms with Crippen molar-refractivity contribution < 1.29 is 0 Å². The van der Waals surface area contributed by atoms with Gasteiger partial charge in [0.2, 0.25) is 0 Å². The zero-order chi connectivity index (χ0) is 22.6. The molecule has 1 atom stereocenters. The van der Waals surface area contributed by atoms with Gasteiger partial charge in [-0.25, -0.2) is 0 Å². The van der Waals surface area contributed by atoms with E-state index in [0.717, 1.165) is 0 Å². The van der Waals surface area contributed by atoms with E-state index in [0.29, 0.717) is 0 Å². The molecular formula is C30H41NSi. The van der Waals surface area contributed by atoms with E-state index in [-0.39, 0.29) is 10.7 Å². The van der Waals surface area contributed by atoms with Gasteiger partial charge in [-0.1, -0.05) is 121 Å². The average Bonchev–Trinajstić information content (AvgIpc) is 3.06. The minimum atomic E-state index is -1.57. The zero-order valence-corrected chi connectivity index (χ0v) is 21.7. The Kier molecular flexibility index (Phi) is 7.22. The predicted molar refractivity (Wildman–Crippen MR) is 143 cm³/mol. The van der Waals surface area contributed by atoms with Crippen LogP contribution in [0.4, 0.5) is 0 Å². The number of allylic oxidation sites excluding steroid dienone is 2. The molecule has 1 saturated carbocycles. The van der Waals surface area contributed by atoms with E-state index in [1.807, 2.05) is 0 Å². The SMILES string of the molecule is CC1=CC(C)(NC2([SiH](c3ccccc3)c3ccccc3)CCCCCCCC2)C(C)=C1C. The Balaban J connectivity index is 1.87. The summed E-state index contributed by atoms with van der Waals surface area (Å²) in [6.45, 7) is 9.36. The summed E-state index contributed by atoms with van der Waals surface area (Å²) in [5, 5.41) is 7.75. The maximum absolute atomic E-state index is 4.44. The Bertz CT molecular complexity index is 909. The van der Waals surface area contributed by atoms with Crippen LogP contribution in [0.2, 0.25) is 0 Å². The fourth-order valence-corrected chi connectivity index (χ4v) is 10.6. The second kappa shape index (κ2) is 9.93. The molecule has 1 fully saturated rings. The highest BCUT2D eigenvalue weighted by molar-refractivity contribution is 6.87. The molecule has 0 radical (unpaired) electrons. The van der Waals surface area contributed by atoms with Gasteiger partial charge in [-0.05, 0) is 51.7 Å².